The van der Waals surface area contributed by atoms with Gasteiger partial charge in [0.2, 0.25) is 10.0 Å². The molecule has 0 aliphatic heterocycles. The Labute approximate surface area is 185 Å². The average Bonchev–Trinajstić information content (AvgIpc) is 2.64. The molecule has 0 atom stereocenters. The molecule has 0 radical (unpaired) electrons. The predicted octanol–water partition coefficient (Wildman–Crippen LogP) is 2.84. The van der Waals surface area contributed by atoms with Crippen LogP contribution in [-0.4, -0.2) is 28.5 Å². The summed E-state index contributed by atoms with van der Waals surface area (Å²) in [5, 5.41) is 6.59. The molecule has 0 saturated heterocycles. The number of sulfonamides is 1. The monoisotopic (exact) mass is 516 g/mol. The maximum Gasteiger partial charge on any atom is 0.215 e. The molecule has 2 aromatic carbocycles. The molecule has 6 nitrogen and oxygen atoms in total. The summed E-state index contributed by atoms with van der Waals surface area (Å²) < 4.78 is 25.5. The SMILES string of the molecule is CN=C(NCc1ccc(CS(=O)(=O)NC)cc1)NCc1ccc(C)cc1C.I. The van der Waals surface area contributed by atoms with Crippen LogP contribution in [0.5, 0.6) is 0 Å². The Morgan fingerprint density at radius 3 is 2.14 bits per heavy atom. The summed E-state index contributed by atoms with van der Waals surface area (Å²) in [6.45, 7) is 5.50. The number of benzene rings is 2. The van der Waals surface area contributed by atoms with Gasteiger partial charge in [-0.05, 0) is 43.1 Å². The average molecular weight is 516 g/mol. The Morgan fingerprint density at radius 2 is 1.57 bits per heavy atom. The number of aryl methyl sites for hydroxylation is 2. The molecule has 2 aromatic rings. The van der Waals surface area contributed by atoms with Crippen LogP contribution in [-0.2, 0) is 28.9 Å². The Balaban J connectivity index is 0.00000392. The molecule has 0 fully saturated rings. The fraction of sp³-hybridized carbons (Fsp3) is 0.350. The van der Waals surface area contributed by atoms with Gasteiger partial charge in [0.1, 0.15) is 0 Å². The van der Waals surface area contributed by atoms with Crippen LogP contribution in [0, 0.1) is 13.8 Å². The number of hydrogen-bond acceptors (Lipinski definition) is 3. The zero-order chi connectivity index (χ0) is 19.9. The Bertz CT molecular complexity index is 897. The fourth-order valence-corrected chi connectivity index (χ4v) is 3.45. The summed E-state index contributed by atoms with van der Waals surface area (Å²) in [6, 6.07) is 13.9. The first-order chi connectivity index (χ1) is 12.8. The molecule has 0 bridgehead atoms. The highest BCUT2D eigenvalue weighted by molar-refractivity contribution is 14.0. The number of rotatable bonds is 7. The third-order valence-electron chi connectivity index (χ3n) is 4.32. The van der Waals surface area contributed by atoms with Gasteiger partial charge in [0.05, 0.1) is 5.75 Å². The van der Waals surface area contributed by atoms with Crippen LogP contribution >= 0.6 is 24.0 Å². The Morgan fingerprint density at radius 1 is 0.964 bits per heavy atom. The van der Waals surface area contributed by atoms with Gasteiger partial charge in [-0.3, -0.25) is 4.99 Å². The van der Waals surface area contributed by atoms with E-state index >= 15 is 0 Å². The van der Waals surface area contributed by atoms with Crippen molar-refractivity contribution in [3.05, 3.63) is 70.3 Å². The highest BCUT2D eigenvalue weighted by Gasteiger charge is 2.08. The van der Waals surface area contributed by atoms with Crippen LogP contribution in [0.4, 0.5) is 0 Å². The summed E-state index contributed by atoms with van der Waals surface area (Å²) in [5.41, 5.74) is 5.55. The first-order valence-corrected chi connectivity index (χ1v) is 10.5. The number of aliphatic imine (C=N–C) groups is 1. The number of nitrogens with one attached hydrogen (secondary N) is 3. The minimum Gasteiger partial charge on any atom is -0.352 e. The van der Waals surface area contributed by atoms with Crippen LogP contribution in [0.15, 0.2) is 47.5 Å². The lowest BCUT2D eigenvalue weighted by molar-refractivity contribution is 0.587. The molecular weight excluding hydrogens is 487 g/mol. The lowest BCUT2D eigenvalue weighted by Crippen LogP contribution is -2.36. The quantitative estimate of drug-likeness (QED) is 0.301. The van der Waals surface area contributed by atoms with Crippen molar-refractivity contribution < 1.29 is 8.42 Å². The molecule has 0 aliphatic carbocycles. The maximum atomic E-state index is 11.6. The number of halogens is 1. The van der Waals surface area contributed by atoms with Crippen molar-refractivity contribution in [3.8, 4) is 0 Å². The molecule has 2 rings (SSSR count). The summed E-state index contributed by atoms with van der Waals surface area (Å²) in [4.78, 5) is 4.25. The van der Waals surface area contributed by atoms with Crippen molar-refractivity contribution in [3.63, 3.8) is 0 Å². The van der Waals surface area contributed by atoms with Crippen molar-refractivity contribution in [2.45, 2.75) is 32.7 Å². The van der Waals surface area contributed by atoms with E-state index in [2.05, 4.69) is 52.4 Å². The molecule has 0 aromatic heterocycles. The number of guanidine groups is 1. The van der Waals surface area contributed by atoms with Crippen LogP contribution < -0.4 is 15.4 Å². The lowest BCUT2D eigenvalue weighted by Gasteiger charge is -2.14. The summed E-state index contributed by atoms with van der Waals surface area (Å²) in [6.07, 6.45) is 0. The Hall–Kier alpha value is -1.65. The normalized spacial score (nSPS) is 11.6. The molecular formula is C20H29IN4O2S. The largest absolute Gasteiger partial charge is 0.352 e. The standard InChI is InChI=1S/C20H28N4O2S.HI/c1-15-5-10-19(16(2)11-15)13-24-20(21-3)23-12-17-6-8-18(9-7-17)14-27(25,26)22-4;/h5-11,22H,12-14H2,1-4H3,(H2,21,23,24);1H. The molecule has 0 saturated carbocycles. The minimum absolute atomic E-state index is 0. The van der Waals surface area contributed by atoms with E-state index in [1.807, 2.05) is 24.3 Å². The first kappa shape index (κ1) is 24.4. The zero-order valence-electron chi connectivity index (χ0n) is 16.7. The number of nitrogens with zero attached hydrogens (tertiary/aromatic N) is 1. The molecule has 0 heterocycles. The molecule has 0 aliphatic rings. The van der Waals surface area contributed by atoms with Gasteiger partial charge in [-0.1, -0.05) is 48.0 Å². The van der Waals surface area contributed by atoms with Crippen molar-refractivity contribution in [2.24, 2.45) is 4.99 Å². The van der Waals surface area contributed by atoms with E-state index < -0.39 is 10.0 Å². The van der Waals surface area contributed by atoms with Gasteiger partial charge >= 0.3 is 0 Å². The first-order valence-electron chi connectivity index (χ1n) is 8.82. The second-order valence-electron chi connectivity index (χ2n) is 6.49. The van der Waals surface area contributed by atoms with Gasteiger partial charge in [0, 0.05) is 20.1 Å². The molecule has 8 heteroatoms. The topological polar surface area (TPSA) is 82.6 Å². The summed E-state index contributed by atoms with van der Waals surface area (Å²) in [5.74, 6) is 0.702. The van der Waals surface area contributed by atoms with Gasteiger partial charge in [-0.15, -0.1) is 24.0 Å². The van der Waals surface area contributed by atoms with Crippen LogP contribution in [0.25, 0.3) is 0 Å². The second-order valence-corrected chi connectivity index (χ2v) is 8.42. The van der Waals surface area contributed by atoms with E-state index in [1.54, 1.807) is 7.05 Å². The number of hydrogen-bond donors (Lipinski definition) is 3. The van der Waals surface area contributed by atoms with E-state index in [0.29, 0.717) is 13.1 Å². The lowest BCUT2D eigenvalue weighted by atomic mass is 10.1. The van der Waals surface area contributed by atoms with E-state index in [4.69, 9.17) is 0 Å². The summed E-state index contributed by atoms with van der Waals surface area (Å²) >= 11 is 0. The van der Waals surface area contributed by atoms with Crippen molar-refractivity contribution in [2.75, 3.05) is 14.1 Å². The van der Waals surface area contributed by atoms with Crippen LogP contribution in [0.3, 0.4) is 0 Å². The smallest absolute Gasteiger partial charge is 0.215 e. The van der Waals surface area contributed by atoms with Crippen LogP contribution in [0.2, 0.25) is 0 Å². The highest BCUT2D eigenvalue weighted by atomic mass is 127. The van der Waals surface area contributed by atoms with Crippen molar-refractivity contribution >= 4 is 40.0 Å². The van der Waals surface area contributed by atoms with E-state index in [0.717, 1.165) is 17.1 Å². The van der Waals surface area contributed by atoms with Gasteiger partial charge in [-0.25, -0.2) is 13.1 Å². The molecule has 0 unspecified atom stereocenters. The third-order valence-corrected chi connectivity index (χ3v) is 5.65. The second kappa shape index (κ2) is 11.4. The molecule has 0 spiro atoms. The van der Waals surface area contributed by atoms with Crippen LogP contribution in [0.1, 0.15) is 27.8 Å². The zero-order valence-corrected chi connectivity index (χ0v) is 19.9. The van der Waals surface area contributed by atoms with Gasteiger partial charge in [0.25, 0.3) is 0 Å². The van der Waals surface area contributed by atoms with E-state index in [1.165, 1.54) is 23.7 Å². The molecule has 0 amide bonds. The Kier molecular flexibility index (Phi) is 9.91. The van der Waals surface area contributed by atoms with Crippen molar-refractivity contribution in [1.29, 1.82) is 0 Å². The predicted molar refractivity (Wildman–Crippen MR) is 126 cm³/mol. The summed E-state index contributed by atoms with van der Waals surface area (Å²) in [7, 11) is -0.0897. The van der Waals surface area contributed by atoms with Gasteiger partial charge < -0.3 is 10.6 Å². The molecule has 28 heavy (non-hydrogen) atoms. The van der Waals surface area contributed by atoms with Gasteiger partial charge in [-0.2, -0.15) is 0 Å². The third kappa shape index (κ3) is 7.76. The van der Waals surface area contributed by atoms with Crippen molar-refractivity contribution in [1.82, 2.24) is 15.4 Å². The minimum atomic E-state index is -3.25. The highest BCUT2D eigenvalue weighted by Crippen LogP contribution is 2.10. The molecule has 3 N–H and O–H groups in total. The van der Waals surface area contributed by atoms with E-state index in [-0.39, 0.29) is 29.7 Å². The molecule has 154 valence electrons. The fourth-order valence-electron chi connectivity index (χ4n) is 2.67. The van der Waals surface area contributed by atoms with Gasteiger partial charge in [0.15, 0.2) is 5.96 Å². The maximum absolute atomic E-state index is 11.6. The van der Waals surface area contributed by atoms with E-state index in [9.17, 15) is 8.42 Å².